The number of carboxylic acids is 1. The van der Waals surface area contributed by atoms with E-state index in [1.807, 2.05) is 24.3 Å². The average molecular weight is 370 g/mol. The Balaban J connectivity index is 1.84. The summed E-state index contributed by atoms with van der Waals surface area (Å²) in [4.78, 5) is 22.4. The Morgan fingerprint density at radius 1 is 1.07 bits per heavy atom. The van der Waals surface area contributed by atoms with Crippen LogP contribution in [0.4, 0.5) is 0 Å². The van der Waals surface area contributed by atoms with Crippen LogP contribution in [0.2, 0.25) is 0 Å². The monoisotopic (exact) mass is 370 g/mol. The quantitative estimate of drug-likeness (QED) is 0.523. The van der Waals surface area contributed by atoms with Gasteiger partial charge in [0.2, 0.25) is 0 Å². The second kappa shape index (κ2) is 9.96. The molecule has 0 atom stereocenters. The smallest absolute Gasteiger partial charge is 0.341 e. The van der Waals surface area contributed by atoms with E-state index in [9.17, 15) is 9.59 Å². The second-order valence-corrected chi connectivity index (χ2v) is 6.03. The van der Waals surface area contributed by atoms with E-state index < -0.39 is 18.5 Å². The third-order valence-corrected chi connectivity index (χ3v) is 3.58. The molecule has 2 aromatic carbocycles. The minimum absolute atomic E-state index is 0.171. The minimum Gasteiger partial charge on any atom is -0.484 e. The van der Waals surface area contributed by atoms with Gasteiger partial charge in [0, 0.05) is 5.56 Å². The maximum absolute atomic E-state index is 11.8. The Labute approximate surface area is 157 Å². The van der Waals surface area contributed by atoms with Crippen molar-refractivity contribution in [2.45, 2.75) is 19.8 Å². The lowest BCUT2D eigenvalue weighted by Crippen LogP contribution is -2.24. The van der Waals surface area contributed by atoms with E-state index in [1.54, 1.807) is 24.3 Å². The molecule has 0 aliphatic rings. The van der Waals surface area contributed by atoms with E-state index in [0.717, 1.165) is 0 Å². The van der Waals surface area contributed by atoms with Crippen LogP contribution in [-0.2, 0) is 9.59 Å². The van der Waals surface area contributed by atoms with Crippen molar-refractivity contribution in [1.29, 1.82) is 0 Å². The third-order valence-electron chi connectivity index (χ3n) is 3.58. The summed E-state index contributed by atoms with van der Waals surface area (Å²) in [6.45, 7) is 3.58. The standard InChI is InChI=1S/C20H22N2O5/c1-14(2)15-7-9-17(10-8-15)26-12-19(23)22-21-11-16-5-3-4-6-18(16)27-13-20(24)25/h3-11,14H,12-13H2,1-2H3,(H,22,23)(H,24,25). The van der Waals surface area contributed by atoms with Crippen molar-refractivity contribution in [1.82, 2.24) is 5.43 Å². The molecule has 2 aromatic rings. The normalized spacial score (nSPS) is 10.8. The first kappa shape index (κ1) is 20.0. The van der Waals surface area contributed by atoms with Gasteiger partial charge in [-0.1, -0.05) is 38.1 Å². The Morgan fingerprint density at radius 3 is 2.44 bits per heavy atom. The van der Waals surface area contributed by atoms with E-state index >= 15 is 0 Å². The van der Waals surface area contributed by atoms with Crippen molar-refractivity contribution in [3.05, 3.63) is 59.7 Å². The lowest BCUT2D eigenvalue weighted by atomic mass is 10.0. The number of nitrogens with zero attached hydrogens (tertiary/aromatic N) is 1. The molecule has 0 saturated carbocycles. The zero-order valence-electron chi connectivity index (χ0n) is 15.2. The third kappa shape index (κ3) is 6.81. The number of carboxylic acid groups (broad SMARTS) is 1. The summed E-state index contributed by atoms with van der Waals surface area (Å²) in [7, 11) is 0. The maximum Gasteiger partial charge on any atom is 0.341 e. The zero-order valence-corrected chi connectivity index (χ0v) is 15.2. The van der Waals surface area contributed by atoms with Gasteiger partial charge in [-0.25, -0.2) is 10.2 Å². The van der Waals surface area contributed by atoms with Gasteiger partial charge in [0.05, 0.1) is 6.21 Å². The molecule has 142 valence electrons. The van der Waals surface area contributed by atoms with Crippen molar-refractivity contribution in [3.8, 4) is 11.5 Å². The number of hydrogen-bond acceptors (Lipinski definition) is 5. The minimum atomic E-state index is -1.08. The van der Waals surface area contributed by atoms with Crippen LogP contribution in [0.1, 0.15) is 30.9 Å². The summed E-state index contributed by atoms with van der Waals surface area (Å²) < 4.78 is 10.6. The van der Waals surface area contributed by atoms with Gasteiger partial charge in [-0.3, -0.25) is 4.79 Å². The van der Waals surface area contributed by atoms with Crippen molar-refractivity contribution in [2.75, 3.05) is 13.2 Å². The number of amides is 1. The molecule has 0 aliphatic carbocycles. The van der Waals surface area contributed by atoms with Gasteiger partial charge in [0.1, 0.15) is 11.5 Å². The number of hydrogen-bond donors (Lipinski definition) is 2. The highest BCUT2D eigenvalue weighted by molar-refractivity contribution is 5.85. The van der Waals surface area contributed by atoms with Gasteiger partial charge in [-0.15, -0.1) is 0 Å². The Hall–Kier alpha value is -3.35. The number of carbonyl (C=O) groups excluding carboxylic acids is 1. The molecule has 0 bridgehead atoms. The SMILES string of the molecule is CC(C)c1ccc(OCC(=O)NN=Cc2ccccc2OCC(=O)O)cc1. The molecule has 0 saturated heterocycles. The fourth-order valence-corrected chi connectivity index (χ4v) is 2.16. The predicted molar refractivity (Wildman–Crippen MR) is 101 cm³/mol. The molecule has 0 aromatic heterocycles. The topological polar surface area (TPSA) is 97.2 Å². The van der Waals surface area contributed by atoms with Crippen LogP contribution in [0, 0.1) is 0 Å². The van der Waals surface area contributed by atoms with Gasteiger partial charge in [0.15, 0.2) is 13.2 Å². The lowest BCUT2D eigenvalue weighted by Gasteiger charge is -2.08. The van der Waals surface area contributed by atoms with Gasteiger partial charge in [-0.05, 0) is 35.7 Å². The molecule has 7 nitrogen and oxygen atoms in total. The number of ether oxygens (including phenoxy) is 2. The maximum atomic E-state index is 11.8. The highest BCUT2D eigenvalue weighted by Gasteiger charge is 2.05. The Bertz CT molecular complexity index is 800. The Morgan fingerprint density at radius 2 is 1.78 bits per heavy atom. The summed E-state index contributed by atoms with van der Waals surface area (Å²) in [5.41, 5.74) is 4.10. The molecule has 27 heavy (non-hydrogen) atoms. The molecule has 0 fully saturated rings. The number of nitrogens with one attached hydrogen (secondary N) is 1. The fraction of sp³-hybridized carbons (Fsp3) is 0.250. The molecule has 0 spiro atoms. The van der Waals surface area contributed by atoms with Crippen LogP contribution >= 0.6 is 0 Å². The summed E-state index contributed by atoms with van der Waals surface area (Å²) in [5.74, 6) is -0.0962. The summed E-state index contributed by atoms with van der Waals surface area (Å²) >= 11 is 0. The van der Waals surface area contributed by atoms with E-state index in [-0.39, 0.29) is 6.61 Å². The summed E-state index contributed by atoms with van der Waals surface area (Å²) in [5, 5.41) is 12.5. The number of aliphatic carboxylic acids is 1. The predicted octanol–water partition coefficient (Wildman–Crippen LogP) is 2.80. The van der Waals surface area contributed by atoms with Crippen LogP contribution in [0.15, 0.2) is 53.6 Å². The number of rotatable bonds is 9. The second-order valence-electron chi connectivity index (χ2n) is 6.03. The van der Waals surface area contributed by atoms with Crippen LogP contribution in [-0.4, -0.2) is 36.4 Å². The zero-order chi connectivity index (χ0) is 19.6. The first-order chi connectivity index (χ1) is 13.0. The van der Waals surface area contributed by atoms with Crippen molar-refractivity contribution < 1.29 is 24.2 Å². The first-order valence-electron chi connectivity index (χ1n) is 8.44. The summed E-state index contributed by atoms with van der Waals surface area (Å²) in [6, 6.07) is 14.3. The molecule has 0 heterocycles. The van der Waals surface area contributed by atoms with E-state index in [2.05, 4.69) is 24.4 Å². The molecule has 7 heteroatoms. The fourth-order valence-electron chi connectivity index (χ4n) is 2.16. The van der Waals surface area contributed by atoms with E-state index in [0.29, 0.717) is 23.0 Å². The van der Waals surface area contributed by atoms with Gasteiger partial charge >= 0.3 is 5.97 Å². The van der Waals surface area contributed by atoms with Crippen molar-refractivity contribution in [3.63, 3.8) is 0 Å². The molecule has 1 amide bonds. The highest BCUT2D eigenvalue weighted by Crippen LogP contribution is 2.18. The average Bonchev–Trinajstić information content (AvgIpc) is 2.66. The van der Waals surface area contributed by atoms with Gasteiger partial charge in [0.25, 0.3) is 5.91 Å². The molecular formula is C20H22N2O5. The number of carbonyl (C=O) groups is 2. The van der Waals surface area contributed by atoms with Crippen LogP contribution in [0.3, 0.4) is 0 Å². The van der Waals surface area contributed by atoms with Crippen LogP contribution in [0.5, 0.6) is 11.5 Å². The van der Waals surface area contributed by atoms with Gasteiger partial charge < -0.3 is 14.6 Å². The van der Waals surface area contributed by atoms with Crippen LogP contribution in [0.25, 0.3) is 0 Å². The van der Waals surface area contributed by atoms with Gasteiger partial charge in [-0.2, -0.15) is 5.10 Å². The molecule has 0 radical (unpaired) electrons. The van der Waals surface area contributed by atoms with Crippen molar-refractivity contribution >= 4 is 18.1 Å². The number of hydrazone groups is 1. The first-order valence-corrected chi connectivity index (χ1v) is 8.44. The van der Waals surface area contributed by atoms with E-state index in [1.165, 1.54) is 11.8 Å². The number of para-hydroxylation sites is 1. The largest absolute Gasteiger partial charge is 0.484 e. The molecule has 2 N–H and O–H groups in total. The van der Waals surface area contributed by atoms with E-state index in [4.69, 9.17) is 14.6 Å². The van der Waals surface area contributed by atoms with Crippen molar-refractivity contribution in [2.24, 2.45) is 5.10 Å². The Kier molecular flexibility index (Phi) is 7.37. The molecule has 0 aliphatic heterocycles. The summed E-state index contributed by atoms with van der Waals surface area (Å²) in [6.07, 6.45) is 1.38. The molecule has 0 unspecified atom stereocenters. The van der Waals surface area contributed by atoms with Crippen LogP contribution < -0.4 is 14.9 Å². The molecular weight excluding hydrogens is 348 g/mol. The molecule has 2 rings (SSSR count). The highest BCUT2D eigenvalue weighted by atomic mass is 16.5. The number of benzene rings is 2. The lowest BCUT2D eigenvalue weighted by molar-refractivity contribution is -0.139.